The molecule has 0 aliphatic carbocycles. The van der Waals surface area contributed by atoms with Crippen molar-refractivity contribution in [2.75, 3.05) is 5.73 Å². The molecule has 0 amide bonds. The van der Waals surface area contributed by atoms with Crippen LogP contribution in [-0.4, -0.2) is 5.11 Å². The van der Waals surface area contributed by atoms with Gasteiger partial charge in [0.05, 0.1) is 5.69 Å². The smallest absolute Gasteiger partial charge is 0.116 e. The van der Waals surface area contributed by atoms with E-state index in [-0.39, 0.29) is 5.75 Å². The van der Waals surface area contributed by atoms with Crippen molar-refractivity contribution in [1.82, 2.24) is 0 Å². The molecule has 0 fully saturated rings. The van der Waals surface area contributed by atoms with E-state index in [4.69, 9.17) is 5.73 Å². The molecule has 0 saturated heterocycles. The molecular formula is C9H9NOS. The SMILES string of the molecule is Cc1cc(O)cc2c(N)csc12. The van der Waals surface area contributed by atoms with Crippen LogP contribution in [0.1, 0.15) is 5.56 Å². The maximum atomic E-state index is 9.30. The first-order valence-corrected chi connectivity index (χ1v) is 4.53. The Balaban J connectivity index is 2.92. The van der Waals surface area contributed by atoms with Crippen LogP contribution in [0.4, 0.5) is 5.69 Å². The molecule has 1 aromatic heterocycles. The predicted molar refractivity (Wildman–Crippen MR) is 52.6 cm³/mol. The summed E-state index contributed by atoms with van der Waals surface area (Å²) < 4.78 is 1.16. The number of thiophene rings is 1. The number of hydrogen-bond donors (Lipinski definition) is 2. The van der Waals surface area contributed by atoms with Gasteiger partial charge in [0.1, 0.15) is 5.75 Å². The van der Waals surface area contributed by atoms with E-state index in [9.17, 15) is 5.11 Å². The van der Waals surface area contributed by atoms with Crippen molar-refractivity contribution in [2.45, 2.75) is 6.92 Å². The number of benzene rings is 1. The summed E-state index contributed by atoms with van der Waals surface area (Å²) in [7, 11) is 0. The molecule has 2 rings (SSSR count). The van der Waals surface area contributed by atoms with Crippen molar-refractivity contribution >= 4 is 27.1 Å². The average molecular weight is 179 g/mol. The van der Waals surface area contributed by atoms with E-state index in [1.165, 1.54) is 0 Å². The minimum absolute atomic E-state index is 0.283. The Morgan fingerprint density at radius 2 is 2.17 bits per heavy atom. The third kappa shape index (κ3) is 0.940. The van der Waals surface area contributed by atoms with E-state index in [1.807, 2.05) is 12.3 Å². The monoisotopic (exact) mass is 179 g/mol. The molecule has 0 atom stereocenters. The summed E-state index contributed by atoms with van der Waals surface area (Å²) >= 11 is 1.61. The van der Waals surface area contributed by atoms with Crippen LogP contribution in [0, 0.1) is 6.92 Å². The summed E-state index contributed by atoms with van der Waals surface area (Å²) in [4.78, 5) is 0. The van der Waals surface area contributed by atoms with Crippen molar-refractivity contribution in [1.29, 1.82) is 0 Å². The lowest BCUT2D eigenvalue weighted by Gasteiger charge is -1.97. The van der Waals surface area contributed by atoms with Gasteiger partial charge in [-0.15, -0.1) is 11.3 Å². The quantitative estimate of drug-likeness (QED) is 0.652. The highest BCUT2D eigenvalue weighted by atomic mass is 32.1. The molecule has 0 aliphatic rings. The first-order chi connectivity index (χ1) is 5.68. The van der Waals surface area contributed by atoms with Gasteiger partial charge in [0, 0.05) is 15.5 Å². The van der Waals surface area contributed by atoms with Crippen molar-refractivity contribution < 1.29 is 5.11 Å². The fraction of sp³-hybridized carbons (Fsp3) is 0.111. The van der Waals surface area contributed by atoms with E-state index in [0.29, 0.717) is 0 Å². The standard InChI is InChI=1S/C9H9NOS/c1-5-2-6(11)3-7-8(10)4-12-9(5)7/h2-4,11H,10H2,1H3. The molecule has 1 aromatic carbocycles. The number of hydrogen-bond acceptors (Lipinski definition) is 3. The van der Waals surface area contributed by atoms with Crippen LogP contribution in [0.5, 0.6) is 5.75 Å². The van der Waals surface area contributed by atoms with Crippen molar-refractivity contribution in [3.63, 3.8) is 0 Å². The summed E-state index contributed by atoms with van der Waals surface area (Å²) in [5, 5.41) is 12.2. The zero-order chi connectivity index (χ0) is 8.72. The van der Waals surface area contributed by atoms with Gasteiger partial charge >= 0.3 is 0 Å². The van der Waals surface area contributed by atoms with Gasteiger partial charge < -0.3 is 10.8 Å². The Labute approximate surface area is 74.3 Å². The van der Waals surface area contributed by atoms with E-state index in [0.717, 1.165) is 21.3 Å². The van der Waals surface area contributed by atoms with Gasteiger partial charge in [-0.05, 0) is 24.6 Å². The molecule has 0 radical (unpaired) electrons. The molecule has 0 bridgehead atoms. The minimum atomic E-state index is 0.283. The van der Waals surface area contributed by atoms with Crippen LogP contribution in [0.3, 0.4) is 0 Å². The summed E-state index contributed by atoms with van der Waals surface area (Å²) in [5.74, 6) is 0.283. The molecular weight excluding hydrogens is 170 g/mol. The molecule has 0 spiro atoms. The van der Waals surface area contributed by atoms with Gasteiger partial charge in [-0.25, -0.2) is 0 Å². The second kappa shape index (κ2) is 2.38. The lowest BCUT2D eigenvalue weighted by molar-refractivity contribution is 0.476. The van der Waals surface area contributed by atoms with E-state index >= 15 is 0 Å². The summed E-state index contributed by atoms with van der Waals surface area (Å²) in [5.41, 5.74) is 7.53. The number of rotatable bonds is 0. The fourth-order valence-electron chi connectivity index (χ4n) is 1.31. The van der Waals surface area contributed by atoms with Gasteiger partial charge in [-0.2, -0.15) is 0 Å². The average Bonchev–Trinajstić information content (AvgIpc) is 2.33. The lowest BCUT2D eigenvalue weighted by atomic mass is 10.1. The fourth-order valence-corrected chi connectivity index (χ4v) is 2.23. The second-order valence-electron chi connectivity index (χ2n) is 2.83. The topological polar surface area (TPSA) is 46.2 Å². The maximum Gasteiger partial charge on any atom is 0.116 e. The Bertz CT molecular complexity index is 433. The number of phenols is 1. The van der Waals surface area contributed by atoms with Crippen LogP contribution < -0.4 is 5.73 Å². The number of aromatic hydroxyl groups is 1. The molecule has 1 heterocycles. The second-order valence-corrected chi connectivity index (χ2v) is 3.71. The Morgan fingerprint density at radius 1 is 1.42 bits per heavy atom. The van der Waals surface area contributed by atoms with Crippen LogP contribution in [0.25, 0.3) is 10.1 Å². The Morgan fingerprint density at radius 3 is 2.92 bits per heavy atom. The predicted octanol–water partition coefficient (Wildman–Crippen LogP) is 2.50. The molecule has 12 heavy (non-hydrogen) atoms. The van der Waals surface area contributed by atoms with Gasteiger partial charge in [0.15, 0.2) is 0 Å². The molecule has 2 aromatic rings. The van der Waals surface area contributed by atoms with Gasteiger partial charge in [-0.1, -0.05) is 0 Å². The van der Waals surface area contributed by atoms with Gasteiger partial charge in [0.2, 0.25) is 0 Å². The van der Waals surface area contributed by atoms with Crippen LogP contribution in [-0.2, 0) is 0 Å². The molecule has 3 N–H and O–H groups in total. The Kier molecular flexibility index (Phi) is 1.48. The number of anilines is 1. The number of fused-ring (bicyclic) bond motifs is 1. The highest BCUT2D eigenvalue weighted by Crippen LogP contribution is 2.33. The van der Waals surface area contributed by atoms with Gasteiger partial charge in [-0.3, -0.25) is 0 Å². The lowest BCUT2D eigenvalue weighted by Crippen LogP contribution is -1.80. The van der Waals surface area contributed by atoms with Gasteiger partial charge in [0.25, 0.3) is 0 Å². The van der Waals surface area contributed by atoms with Crippen molar-refractivity contribution in [3.8, 4) is 5.75 Å². The highest BCUT2D eigenvalue weighted by Gasteiger charge is 2.04. The summed E-state index contributed by atoms with van der Waals surface area (Å²) in [6.07, 6.45) is 0. The number of aryl methyl sites for hydroxylation is 1. The molecule has 3 heteroatoms. The maximum absolute atomic E-state index is 9.30. The van der Waals surface area contributed by atoms with E-state index < -0.39 is 0 Å². The minimum Gasteiger partial charge on any atom is -0.508 e. The summed E-state index contributed by atoms with van der Waals surface area (Å²) in [6.45, 7) is 1.97. The highest BCUT2D eigenvalue weighted by molar-refractivity contribution is 7.18. The van der Waals surface area contributed by atoms with Crippen molar-refractivity contribution in [2.24, 2.45) is 0 Å². The number of nitrogens with two attached hydrogens (primary N) is 1. The summed E-state index contributed by atoms with van der Waals surface area (Å²) in [6, 6.07) is 3.45. The molecule has 62 valence electrons. The third-order valence-corrected chi connectivity index (χ3v) is 3.02. The van der Waals surface area contributed by atoms with Crippen LogP contribution in [0.15, 0.2) is 17.5 Å². The van der Waals surface area contributed by atoms with Crippen molar-refractivity contribution in [3.05, 3.63) is 23.1 Å². The molecule has 0 unspecified atom stereocenters. The number of phenolic OH excluding ortho intramolecular Hbond substituents is 1. The van der Waals surface area contributed by atoms with E-state index in [1.54, 1.807) is 23.5 Å². The molecule has 0 aliphatic heterocycles. The third-order valence-electron chi connectivity index (χ3n) is 1.87. The first kappa shape index (κ1) is 7.43. The molecule has 0 saturated carbocycles. The largest absolute Gasteiger partial charge is 0.508 e. The Hall–Kier alpha value is -1.22. The first-order valence-electron chi connectivity index (χ1n) is 3.65. The zero-order valence-corrected chi connectivity index (χ0v) is 7.48. The van der Waals surface area contributed by atoms with Crippen LogP contribution >= 0.6 is 11.3 Å². The normalized spacial score (nSPS) is 10.8. The zero-order valence-electron chi connectivity index (χ0n) is 6.66. The number of nitrogen functional groups attached to an aromatic ring is 1. The molecule has 2 nitrogen and oxygen atoms in total. The van der Waals surface area contributed by atoms with E-state index in [2.05, 4.69) is 0 Å². The van der Waals surface area contributed by atoms with Crippen LogP contribution in [0.2, 0.25) is 0 Å².